The summed E-state index contributed by atoms with van der Waals surface area (Å²) in [5, 5.41) is 2.84. The highest BCUT2D eigenvalue weighted by atomic mass is 32.2. The smallest absolute Gasteiger partial charge is 0.251 e. The number of nitrogens with zero attached hydrogens (tertiary/aromatic N) is 3. The fourth-order valence-electron chi connectivity index (χ4n) is 3.34. The van der Waals surface area contributed by atoms with Crippen molar-refractivity contribution in [1.82, 2.24) is 14.6 Å². The molecule has 1 aliphatic rings. The van der Waals surface area contributed by atoms with Crippen LogP contribution < -0.4 is 15.0 Å². The minimum absolute atomic E-state index is 0.0184. The van der Waals surface area contributed by atoms with Crippen molar-refractivity contribution < 1.29 is 17.9 Å². The van der Waals surface area contributed by atoms with Gasteiger partial charge in [0.15, 0.2) is 0 Å². The van der Waals surface area contributed by atoms with Crippen LogP contribution in [0.15, 0.2) is 41.4 Å². The van der Waals surface area contributed by atoms with Crippen molar-refractivity contribution in [1.29, 1.82) is 0 Å². The summed E-state index contributed by atoms with van der Waals surface area (Å²) in [6.07, 6.45) is 3.36. The molecular formula is C20H26N4O4S. The molecule has 8 nitrogen and oxygen atoms in total. The number of anilines is 1. The first-order chi connectivity index (χ1) is 13.8. The van der Waals surface area contributed by atoms with E-state index >= 15 is 0 Å². The number of ether oxygens (including phenoxy) is 1. The summed E-state index contributed by atoms with van der Waals surface area (Å²) in [4.78, 5) is 18.9. The van der Waals surface area contributed by atoms with E-state index in [1.165, 1.54) is 23.5 Å². The Labute approximate surface area is 171 Å². The zero-order valence-corrected chi connectivity index (χ0v) is 17.7. The third-order valence-electron chi connectivity index (χ3n) is 4.84. The average Bonchev–Trinajstić information content (AvgIpc) is 3.27. The fourth-order valence-corrected chi connectivity index (χ4v) is 5.03. The number of nitrogens with one attached hydrogen (secondary N) is 1. The normalized spacial score (nSPS) is 14.6. The molecule has 2 aromatic rings. The van der Waals surface area contributed by atoms with Crippen molar-refractivity contribution in [2.45, 2.75) is 24.3 Å². The van der Waals surface area contributed by atoms with Crippen LogP contribution in [-0.4, -0.2) is 57.9 Å². The maximum atomic E-state index is 13.0. The third-order valence-corrected chi connectivity index (χ3v) is 6.76. The Hall–Kier alpha value is -2.65. The van der Waals surface area contributed by atoms with E-state index in [-0.39, 0.29) is 28.7 Å². The Bertz CT molecular complexity index is 986. The number of sulfonamides is 1. The van der Waals surface area contributed by atoms with Crippen LogP contribution in [0.1, 0.15) is 28.8 Å². The van der Waals surface area contributed by atoms with E-state index in [1.54, 1.807) is 12.3 Å². The van der Waals surface area contributed by atoms with Crippen LogP contribution in [0.4, 0.5) is 5.82 Å². The van der Waals surface area contributed by atoms with Crippen molar-refractivity contribution in [3.05, 3.63) is 47.7 Å². The van der Waals surface area contributed by atoms with Gasteiger partial charge in [-0.15, -0.1) is 0 Å². The molecule has 0 unspecified atom stereocenters. The quantitative estimate of drug-likeness (QED) is 0.738. The maximum absolute atomic E-state index is 13.0. The number of amides is 1. The third kappa shape index (κ3) is 4.51. The summed E-state index contributed by atoms with van der Waals surface area (Å²) in [5.74, 6) is 0.634. The highest BCUT2D eigenvalue weighted by molar-refractivity contribution is 7.89. The van der Waals surface area contributed by atoms with Crippen molar-refractivity contribution in [2.75, 3.05) is 39.2 Å². The maximum Gasteiger partial charge on any atom is 0.251 e. The number of hydrogen-bond acceptors (Lipinski definition) is 6. The molecule has 1 fully saturated rings. The summed E-state index contributed by atoms with van der Waals surface area (Å²) < 4.78 is 32.7. The number of carbonyl (C=O) groups is 1. The number of methoxy groups -OCH3 is 1. The van der Waals surface area contributed by atoms with Crippen LogP contribution in [0.5, 0.6) is 5.75 Å². The molecule has 0 radical (unpaired) electrons. The standard InChI is InChI=1S/C20H26N4O4S/c1-23(2)19-16(7-6-10-21-19)14-22-20(25)15-8-9-17(28-3)18(13-15)29(26,27)24-11-4-5-12-24/h6-10,13H,4-5,11-12,14H2,1-3H3,(H,22,25). The van der Waals surface area contributed by atoms with Crippen molar-refractivity contribution >= 4 is 21.7 Å². The van der Waals surface area contributed by atoms with Crippen LogP contribution >= 0.6 is 0 Å². The molecule has 0 spiro atoms. The lowest BCUT2D eigenvalue weighted by Gasteiger charge is -2.18. The molecule has 0 saturated carbocycles. The summed E-state index contributed by atoms with van der Waals surface area (Å²) in [6, 6.07) is 8.17. The van der Waals surface area contributed by atoms with Crippen LogP contribution in [-0.2, 0) is 16.6 Å². The predicted octanol–water partition coefficient (Wildman–Crippen LogP) is 1.87. The first kappa shape index (κ1) is 21.1. The van der Waals surface area contributed by atoms with Crippen molar-refractivity contribution in [3.8, 4) is 5.75 Å². The molecule has 1 aromatic carbocycles. The Kier molecular flexibility index (Phi) is 6.39. The fraction of sp³-hybridized carbons (Fsp3) is 0.400. The zero-order valence-electron chi connectivity index (χ0n) is 16.9. The van der Waals surface area contributed by atoms with Gasteiger partial charge < -0.3 is 15.0 Å². The van der Waals surface area contributed by atoms with E-state index in [1.807, 2.05) is 31.1 Å². The predicted molar refractivity (Wildman–Crippen MR) is 111 cm³/mol. The molecule has 1 aliphatic heterocycles. The molecule has 3 rings (SSSR count). The number of rotatable bonds is 7. The zero-order chi connectivity index (χ0) is 21.0. The largest absolute Gasteiger partial charge is 0.495 e. The first-order valence-corrected chi connectivity index (χ1v) is 10.9. The number of carbonyl (C=O) groups excluding carboxylic acids is 1. The Morgan fingerprint density at radius 1 is 1.24 bits per heavy atom. The molecule has 29 heavy (non-hydrogen) atoms. The van der Waals surface area contributed by atoms with Gasteiger partial charge in [-0.05, 0) is 37.1 Å². The lowest BCUT2D eigenvalue weighted by molar-refractivity contribution is 0.0950. The van der Waals surface area contributed by atoms with E-state index in [2.05, 4.69) is 10.3 Å². The summed E-state index contributed by atoms with van der Waals surface area (Å²) >= 11 is 0. The van der Waals surface area contributed by atoms with Gasteiger partial charge in [-0.3, -0.25) is 4.79 Å². The van der Waals surface area contributed by atoms with E-state index < -0.39 is 10.0 Å². The van der Waals surface area contributed by atoms with Gasteiger partial charge in [0.1, 0.15) is 16.5 Å². The lowest BCUT2D eigenvalue weighted by atomic mass is 10.2. The van der Waals surface area contributed by atoms with Gasteiger partial charge in [-0.2, -0.15) is 4.31 Å². The molecular weight excluding hydrogens is 392 g/mol. The highest BCUT2D eigenvalue weighted by Gasteiger charge is 2.30. The number of aromatic nitrogens is 1. The van der Waals surface area contributed by atoms with E-state index in [4.69, 9.17) is 4.74 Å². The molecule has 9 heteroatoms. The van der Waals surface area contributed by atoms with Gasteiger partial charge in [0.05, 0.1) is 7.11 Å². The van der Waals surface area contributed by atoms with E-state index in [0.717, 1.165) is 24.2 Å². The Morgan fingerprint density at radius 3 is 2.62 bits per heavy atom. The molecule has 156 valence electrons. The van der Waals surface area contributed by atoms with Gasteiger partial charge in [0.2, 0.25) is 10.0 Å². The average molecular weight is 419 g/mol. The van der Waals surface area contributed by atoms with Gasteiger partial charge in [0.25, 0.3) is 5.91 Å². The molecule has 1 N–H and O–H groups in total. The summed E-state index contributed by atoms with van der Waals surface area (Å²) in [6.45, 7) is 1.24. The summed E-state index contributed by atoms with van der Waals surface area (Å²) in [7, 11) is 1.47. The minimum atomic E-state index is -3.71. The van der Waals surface area contributed by atoms with Crippen molar-refractivity contribution in [3.63, 3.8) is 0 Å². The molecule has 0 aliphatic carbocycles. The number of benzene rings is 1. The van der Waals surface area contributed by atoms with Crippen LogP contribution in [0.2, 0.25) is 0 Å². The molecule has 0 bridgehead atoms. The van der Waals surface area contributed by atoms with Gasteiger partial charge >= 0.3 is 0 Å². The lowest BCUT2D eigenvalue weighted by Crippen LogP contribution is -2.29. The monoisotopic (exact) mass is 418 g/mol. The van der Waals surface area contributed by atoms with Crippen LogP contribution in [0, 0.1) is 0 Å². The van der Waals surface area contributed by atoms with Crippen molar-refractivity contribution in [2.24, 2.45) is 0 Å². The Morgan fingerprint density at radius 2 is 1.97 bits per heavy atom. The molecule has 1 saturated heterocycles. The van der Waals surface area contributed by atoms with Crippen LogP contribution in [0.3, 0.4) is 0 Å². The second kappa shape index (κ2) is 8.79. The highest BCUT2D eigenvalue weighted by Crippen LogP contribution is 2.30. The van der Waals surface area contributed by atoms with Gasteiger partial charge in [-0.1, -0.05) is 6.07 Å². The van der Waals surface area contributed by atoms with Crippen LogP contribution in [0.25, 0.3) is 0 Å². The van der Waals surface area contributed by atoms with Gasteiger partial charge in [-0.25, -0.2) is 13.4 Å². The number of pyridine rings is 1. The molecule has 2 heterocycles. The molecule has 1 aromatic heterocycles. The Balaban J connectivity index is 1.83. The topological polar surface area (TPSA) is 91.8 Å². The molecule has 1 amide bonds. The first-order valence-electron chi connectivity index (χ1n) is 9.42. The van der Waals surface area contributed by atoms with Gasteiger partial charge in [0, 0.05) is 51.1 Å². The minimum Gasteiger partial charge on any atom is -0.495 e. The number of hydrogen-bond donors (Lipinski definition) is 1. The van der Waals surface area contributed by atoms with E-state index in [9.17, 15) is 13.2 Å². The van der Waals surface area contributed by atoms with E-state index in [0.29, 0.717) is 13.1 Å². The molecule has 0 atom stereocenters. The second-order valence-corrected chi connectivity index (χ2v) is 8.95. The summed E-state index contributed by atoms with van der Waals surface area (Å²) in [5.41, 5.74) is 1.13. The second-order valence-electron chi connectivity index (χ2n) is 7.04. The SMILES string of the molecule is COc1ccc(C(=O)NCc2cccnc2N(C)C)cc1S(=O)(=O)N1CCCC1.